The van der Waals surface area contributed by atoms with Gasteiger partial charge in [0.05, 0.1) is 17.2 Å². The van der Waals surface area contributed by atoms with Gasteiger partial charge in [-0.25, -0.2) is 4.98 Å². The van der Waals surface area contributed by atoms with E-state index in [1.807, 2.05) is 0 Å². The van der Waals surface area contributed by atoms with Crippen LogP contribution in [0.3, 0.4) is 0 Å². The minimum atomic E-state index is -4.49. The number of rotatable bonds is 6. The van der Waals surface area contributed by atoms with Gasteiger partial charge in [0.15, 0.2) is 0 Å². The van der Waals surface area contributed by atoms with Gasteiger partial charge < -0.3 is 4.90 Å². The summed E-state index contributed by atoms with van der Waals surface area (Å²) in [6, 6.07) is 6.72. The van der Waals surface area contributed by atoms with Crippen molar-refractivity contribution in [2.75, 3.05) is 13.1 Å². The van der Waals surface area contributed by atoms with Crippen LogP contribution in [0.4, 0.5) is 13.2 Å². The summed E-state index contributed by atoms with van der Waals surface area (Å²) < 4.78 is 38.7. The smallest absolute Gasteiger partial charge is 0.330 e. The number of hydrogen-bond donors (Lipinski definition) is 0. The average molecular weight is 339 g/mol. The van der Waals surface area contributed by atoms with E-state index in [1.54, 1.807) is 24.3 Å². The molecule has 1 heterocycles. The van der Waals surface area contributed by atoms with Gasteiger partial charge >= 0.3 is 6.18 Å². The second kappa shape index (κ2) is 7.29. The van der Waals surface area contributed by atoms with E-state index in [0.29, 0.717) is 15.8 Å². The minimum Gasteiger partial charge on any atom is -0.330 e. The normalized spacial score (nSPS) is 11.5. The van der Waals surface area contributed by atoms with Gasteiger partial charge in [-0.1, -0.05) is 18.2 Å². The maximum atomic E-state index is 12.5. The average Bonchev–Trinajstić information content (AvgIpc) is 2.52. The van der Waals surface area contributed by atoms with Crippen LogP contribution in [0.15, 0.2) is 48.0 Å². The molecule has 2 rings (SSSR count). The molecule has 0 radical (unpaired) electrons. The molecule has 0 N–H and O–H groups in total. The van der Waals surface area contributed by atoms with Crippen molar-refractivity contribution < 1.29 is 18.0 Å². The van der Waals surface area contributed by atoms with E-state index in [4.69, 9.17) is 0 Å². The van der Waals surface area contributed by atoms with E-state index in [0.717, 1.165) is 0 Å². The monoisotopic (exact) mass is 339 g/mol. The summed E-state index contributed by atoms with van der Waals surface area (Å²) >= 11 is 0. The Bertz CT molecular complexity index is 799. The fourth-order valence-corrected chi connectivity index (χ4v) is 2.27. The molecule has 0 aliphatic rings. The summed E-state index contributed by atoms with van der Waals surface area (Å²) in [6.45, 7) is 1.76. The van der Waals surface area contributed by atoms with E-state index < -0.39 is 18.6 Å². The van der Waals surface area contributed by atoms with Crippen molar-refractivity contribution in [3.63, 3.8) is 0 Å². The Morgan fingerprint density at radius 2 is 2.04 bits per heavy atom. The van der Waals surface area contributed by atoms with Crippen LogP contribution >= 0.6 is 0 Å². The molecule has 0 aliphatic carbocycles. The van der Waals surface area contributed by atoms with Gasteiger partial charge in [0.25, 0.3) is 5.56 Å². The predicted molar refractivity (Wildman–Crippen MR) is 83.5 cm³/mol. The molecule has 0 saturated carbocycles. The van der Waals surface area contributed by atoms with Crippen molar-refractivity contribution in [3.05, 3.63) is 53.6 Å². The number of benzene rings is 1. The van der Waals surface area contributed by atoms with Crippen molar-refractivity contribution in [1.29, 1.82) is 0 Å². The van der Waals surface area contributed by atoms with Gasteiger partial charge in [0.2, 0.25) is 5.91 Å². The lowest BCUT2D eigenvalue weighted by Gasteiger charge is -2.22. The first kappa shape index (κ1) is 17.7. The fourth-order valence-electron chi connectivity index (χ4n) is 2.27. The van der Waals surface area contributed by atoms with E-state index in [-0.39, 0.29) is 25.1 Å². The van der Waals surface area contributed by atoms with Crippen LogP contribution in [0.25, 0.3) is 10.9 Å². The zero-order chi connectivity index (χ0) is 17.7. The summed E-state index contributed by atoms with van der Waals surface area (Å²) in [5.74, 6) is -0.702. The van der Waals surface area contributed by atoms with Crippen molar-refractivity contribution in [3.8, 4) is 0 Å². The molecule has 0 unspecified atom stereocenters. The molecule has 128 valence electrons. The van der Waals surface area contributed by atoms with Crippen molar-refractivity contribution in [2.45, 2.75) is 19.1 Å². The molecule has 0 bridgehead atoms. The lowest BCUT2D eigenvalue weighted by Crippen LogP contribution is -2.39. The second-order valence-corrected chi connectivity index (χ2v) is 5.19. The number of aryl methyl sites for hydroxylation is 1. The first-order valence-electron chi connectivity index (χ1n) is 7.21. The number of hydrogen-bond acceptors (Lipinski definition) is 3. The highest BCUT2D eigenvalue weighted by molar-refractivity contribution is 5.77. The maximum absolute atomic E-state index is 12.5. The van der Waals surface area contributed by atoms with Crippen molar-refractivity contribution >= 4 is 16.8 Å². The number of aromatic nitrogens is 2. The molecular weight excluding hydrogens is 323 g/mol. The van der Waals surface area contributed by atoms with Crippen LogP contribution in [0.5, 0.6) is 0 Å². The highest BCUT2D eigenvalue weighted by Gasteiger charge is 2.32. The quantitative estimate of drug-likeness (QED) is 0.759. The molecule has 0 aliphatic heterocycles. The molecule has 5 nitrogen and oxygen atoms in total. The fraction of sp³-hybridized carbons (Fsp3) is 0.312. The molecule has 0 saturated heterocycles. The molecule has 2 aromatic rings. The molecule has 24 heavy (non-hydrogen) atoms. The lowest BCUT2D eigenvalue weighted by molar-refractivity contribution is -0.160. The molecule has 1 aromatic carbocycles. The van der Waals surface area contributed by atoms with E-state index in [2.05, 4.69) is 11.6 Å². The third kappa shape index (κ3) is 4.43. The molecule has 1 aromatic heterocycles. The Hall–Kier alpha value is -2.64. The zero-order valence-corrected chi connectivity index (χ0v) is 12.8. The molecule has 8 heteroatoms. The Morgan fingerprint density at radius 1 is 1.33 bits per heavy atom. The largest absolute Gasteiger partial charge is 0.406 e. The summed E-state index contributed by atoms with van der Waals surface area (Å²) in [7, 11) is 0. The summed E-state index contributed by atoms with van der Waals surface area (Å²) in [4.78, 5) is 29.0. The molecule has 1 amide bonds. The van der Waals surface area contributed by atoms with Crippen LogP contribution in [0.2, 0.25) is 0 Å². The predicted octanol–water partition coefficient (Wildman–Crippen LogP) is 2.36. The number of nitrogens with zero attached hydrogens (tertiary/aromatic N) is 3. The van der Waals surface area contributed by atoms with Gasteiger partial charge in [-0.2, -0.15) is 13.2 Å². The lowest BCUT2D eigenvalue weighted by atomic mass is 10.2. The highest BCUT2D eigenvalue weighted by Crippen LogP contribution is 2.17. The summed E-state index contributed by atoms with van der Waals surface area (Å²) in [6.07, 6.45) is -2.20. The molecular formula is C16H16F3N3O2. The summed E-state index contributed by atoms with van der Waals surface area (Å²) in [5.41, 5.74) is 0.190. The summed E-state index contributed by atoms with van der Waals surface area (Å²) in [5, 5.41) is 0.394. The SMILES string of the molecule is C=CCN(CC(F)(F)F)C(=O)CCn1cnc2ccccc2c1=O. The van der Waals surface area contributed by atoms with Gasteiger partial charge in [0, 0.05) is 19.5 Å². The minimum absolute atomic E-state index is 0.0407. The number of para-hydroxylation sites is 1. The standard InChI is InChI=1S/C16H16F3N3O2/c1-2-8-21(10-16(17,18)19)14(23)7-9-22-11-20-13-6-4-3-5-12(13)15(22)24/h2-6,11H,1,7-10H2. The molecule has 0 atom stereocenters. The van der Waals surface area contributed by atoms with Crippen molar-refractivity contribution in [2.24, 2.45) is 0 Å². The number of amides is 1. The van der Waals surface area contributed by atoms with E-state index >= 15 is 0 Å². The molecule has 0 fully saturated rings. The van der Waals surface area contributed by atoms with E-state index in [9.17, 15) is 22.8 Å². The Labute approximate surface area is 136 Å². The van der Waals surface area contributed by atoms with Gasteiger partial charge in [-0.3, -0.25) is 14.2 Å². The number of fused-ring (bicyclic) bond motifs is 1. The maximum Gasteiger partial charge on any atom is 0.406 e. The van der Waals surface area contributed by atoms with Crippen LogP contribution in [0.1, 0.15) is 6.42 Å². The van der Waals surface area contributed by atoms with E-state index in [1.165, 1.54) is 17.0 Å². The van der Waals surface area contributed by atoms with Crippen LogP contribution in [-0.2, 0) is 11.3 Å². The number of carbonyl (C=O) groups is 1. The number of carbonyl (C=O) groups excluding carboxylic acids is 1. The highest BCUT2D eigenvalue weighted by atomic mass is 19.4. The number of alkyl halides is 3. The van der Waals surface area contributed by atoms with Gasteiger partial charge in [-0.05, 0) is 12.1 Å². The first-order chi connectivity index (χ1) is 11.3. The van der Waals surface area contributed by atoms with Crippen LogP contribution < -0.4 is 5.56 Å². The van der Waals surface area contributed by atoms with Crippen LogP contribution in [-0.4, -0.2) is 39.6 Å². The molecule has 0 spiro atoms. The zero-order valence-electron chi connectivity index (χ0n) is 12.8. The third-order valence-corrected chi connectivity index (χ3v) is 3.37. The first-order valence-corrected chi connectivity index (χ1v) is 7.21. The Morgan fingerprint density at radius 3 is 2.71 bits per heavy atom. The Kier molecular flexibility index (Phi) is 5.38. The number of halogens is 3. The Balaban J connectivity index is 2.11. The van der Waals surface area contributed by atoms with Gasteiger partial charge in [0.1, 0.15) is 6.54 Å². The topological polar surface area (TPSA) is 55.2 Å². The third-order valence-electron chi connectivity index (χ3n) is 3.37. The van der Waals surface area contributed by atoms with Crippen molar-refractivity contribution in [1.82, 2.24) is 14.5 Å². The van der Waals surface area contributed by atoms with Gasteiger partial charge in [-0.15, -0.1) is 6.58 Å². The van der Waals surface area contributed by atoms with Crippen LogP contribution in [0, 0.1) is 0 Å². The second-order valence-electron chi connectivity index (χ2n) is 5.19.